The van der Waals surface area contributed by atoms with E-state index in [1.54, 1.807) is 6.07 Å². The highest BCUT2D eigenvalue weighted by Gasteiger charge is 2.31. The van der Waals surface area contributed by atoms with Crippen molar-refractivity contribution >= 4 is 5.69 Å². The van der Waals surface area contributed by atoms with Gasteiger partial charge in [0.1, 0.15) is 0 Å². The van der Waals surface area contributed by atoms with Crippen molar-refractivity contribution in [2.75, 3.05) is 18.0 Å². The molecule has 1 aromatic rings. The van der Waals surface area contributed by atoms with Crippen molar-refractivity contribution in [3.05, 3.63) is 29.8 Å². The van der Waals surface area contributed by atoms with E-state index in [-0.39, 0.29) is 0 Å². The molecule has 1 saturated heterocycles. The first-order chi connectivity index (χ1) is 7.97. The second kappa shape index (κ2) is 4.59. The van der Waals surface area contributed by atoms with Crippen LogP contribution in [0.3, 0.4) is 0 Å². The van der Waals surface area contributed by atoms with Crippen LogP contribution in [-0.2, 0) is 6.18 Å². The van der Waals surface area contributed by atoms with E-state index >= 15 is 0 Å². The molecule has 2 rings (SSSR count). The van der Waals surface area contributed by atoms with Crippen LogP contribution in [0.2, 0.25) is 0 Å². The Kier molecular flexibility index (Phi) is 3.31. The van der Waals surface area contributed by atoms with Crippen molar-refractivity contribution in [1.82, 2.24) is 0 Å². The second-order valence-corrected chi connectivity index (χ2v) is 4.72. The molecule has 0 spiro atoms. The SMILES string of the molecule is CC1CCN(c2cccc(C(F)(F)F)c2)CC1. The molecule has 1 aliphatic heterocycles. The lowest BCUT2D eigenvalue weighted by Crippen LogP contribution is -2.32. The van der Waals surface area contributed by atoms with Crippen molar-refractivity contribution in [2.24, 2.45) is 5.92 Å². The van der Waals surface area contributed by atoms with Crippen LogP contribution in [0.4, 0.5) is 18.9 Å². The van der Waals surface area contributed by atoms with Crippen molar-refractivity contribution in [1.29, 1.82) is 0 Å². The van der Waals surface area contributed by atoms with Gasteiger partial charge in [0.25, 0.3) is 0 Å². The monoisotopic (exact) mass is 243 g/mol. The molecule has 0 radical (unpaired) electrons. The van der Waals surface area contributed by atoms with E-state index in [1.807, 2.05) is 4.90 Å². The van der Waals surface area contributed by atoms with Crippen LogP contribution in [0.5, 0.6) is 0 Å². The molecule has 1 aromatic carbocycles. The van der Waals surface area contributed by atoms with E-state index in [1.165, 1.54) is 12.1 Å². The highest BCUT2D eigenvalue weighted by atomic mass is 19.4. The van der Waals surface area contributed by atoms with Crippen LogP contribution in [0.1, 0.15) is 25.3 Å². The minimum Gasteiger partial charge on any atom is -0.372 e. The van der Waals surface area contributed by atoms with Crippen LogP contribution in [0, 0.1) is 5.92 Å². The molecular formula is C13H16F3N. The normalized spacial score (nSPS) is 18.5. The molecule has 17 heavy (non-hydrogen) atoms. The molecule has 94 valence electrons. The van der Waals surface area contributed by atoms with Crippen LogP contribution >= 0.6 is 0 Å². The zero-order valence-corrected chi connectivity index (χ0v) is 9.80. The number of benzene rings is 1. The van der Waals surface area contributed by atoms with Gasteiger partial charge in [-0.25, -0.2) is 0 Å². The van der Waals surface area contributed by atoms with E-state index in [2.05, 4.69) is 6.92 Å². The average Bonchev–Trinajstić information content (AvgIpc) is 2.29. The second-order valence-electron chi connectivity index (χ2n) is 4.72. The van der Waals surface area contributed by atoms with Gasteiger partial charge in [-0.3, -0.25) is 0 Å². The third-order valence-electron chi connectivity index (χ3n) is 3.32. The predicted molar refractivity (Wildman–Crippen MR) is 62.1 cm³/mol. The van der Waals surface area contributed by atoms with Gasteiger partial charge in [0.15, 0.2) is 0 Å². The predicted octanol–water partition coefficient (Wildman–Crippen LogP) is 3.94. The van der Waals surface area contributed by atoms with Crippen molar-refractivity contribution in [3.63, 3.8) is 0 Å². The highest BCUT2D eigenvalue weighted by Crippen LogP contribution is 2.32. The summed E-state index contributed by atoms with van der Waals surface area (Å²) in [7, 11) is 0. The first-order valence-corrected chi connectivity index (χ1v) is 5.89. The van der Waals surface area contributed by atoms with Gasteiger partial charge in [-0.2, -0.15) is 13.2 Å². The Bertz CT molecular complexity index is 378. The molecule has 0 atom stereocenters. The summed E-state index contributed by atoms with van der Waals surface area (Å²) in [5, 5.41) is 0. The van der Waals surface area contributed by atoms with Gasteiger partial charge in [-0.05, 0) is 37.0 Å². The molecule has 0 aromatic heterocycles. The molecule has 0 N–H and O–H groups in total. The summed E-state index contributed by atoms with van der Waals surface area (Å²) in [5.74, 6) is 0.678. The number of alkyl halides is 3. The summed E-state index contributed by atoms with van der Waals surface area (Å²) in [6, 6.07) is 5.60. The molecule has 0 aliphatic carbocycles. The van der Waals surface area contributed by atoms with E-state index in [0.29, 0.717) is 11.6 Å². The third kappa shape index (κ3) is 2.93. The van der Waals surface area contributed by atoms with Crippen molar-refractivity contribution in [3.8, 4) is 0 Å². The number of anilines is 1. The topological polar surface area (TPSA) is 3.24 Å². The smallest absolute Gasteiger partial charge is 0.372 e. The van der Waals surface area contributed by atoms with Gasteiger partial charge in [0.05, 0.1) is 5.56 Å². The average molecular weight is 243 g/mol. The third-order valence-corrected chi connectivity index (χ3v) is 3.32. The molecule has 0 unspecified atom stereocenters. The molecule has 4 heteroatoms. The van der Waals surface area contributed by atoms with Gasteiger partial charge in [-0.15, -0.1) is 0 Å². The van der Waals surface area contributed by atoms with E-state index in [0.717, 1.165) is 32.0 Å². The Labute approximate surface area is 99.2 Å². The van der Waals surface area contributed by atoms with Gasteiger partial charge in [0, 0.05) is 18.8 Å². The van der Waals surface area contributed by atoms with E-state index < -0.39 is 11.7 Å². The van der Waals surface area contributed by atoms with Gasteiger partial charge in [-0.1, -0.05) is 13.0 Å². The number of hydrogen-bond donors (Lipinski definition) is 0. The first kappa shape index (κ1) is 12.3. The van der Waals surface area contributed by atoms with E-state index in [4.69, 9.17) is 0 Å². The minimum absolute atomic E-state index is 0.561. The Balaban J connectivity index is 2.16. The maximum absolute atomic E-state index is 12.6. The quantitative estimate of drug-likeness (QED) is 0.722. The van der Waals surface area contributed by atoms with Crippen LogP contribution < -0.4 is 4.90 Å². The molecule has 0 saturated carbocycles. The van der Waals surface area contributed by atoms with Gasteiger partial charge in [0.2, 0.25) is 0 Å². The summed E-state index contributed by atoms with van der Waals surface area (Å²) < 4.78 is 37.7. The largest absolute Gasteiger partial charge is 0.416 e. The number of halogens is 3. The zero-order chi connectivity index (χ0) is 12.5. The standard InChI is InChI=1S/C13H16F3N/c1-10-5-7-17(8-6-10)12-4-2-3-11(9-12)13(14,15)16/h2-4,9-10H,5-8H2,1H3. The first-order valence-electron chi connectivity index (χ1n) is 5.89. The maximum atomic E-state index is 12.6. The van der Waals surface area contributed by atoms with Crippen LogP contribution in [0.25, 0.3) is 0 Å². The lowest BCUT2D eigenvalue weighted by atomic mass is 9.98. The fourth-order valence-corrected chi connectivity index (χ4v) is 2.15. The number of piperidine rings is 1. The fraction of sp³-hybridized carbons (Fsp3) is 0.538. The summed E-state index contributed by atoms with van der Waals surface area (Å²) in [5.41, 5.74) is 0.125. The van der Waals surface area contributed by atoms with Gasteiger partial charge >= 0.3 is 6.18 Å². The Morgan fingerprint density at radius 3 is 2.41 bits per heavy atom. The number of hydrogen-bond acceptors (Lipinski definition) is 1. The minimum atomic E-state index is -4.25. The molecule has 0 amide bonds. The Hall–Kier alpha value is -1.19. The lowest BCUT2D eigenvalue weighted by molar-refractivity contribution is -0.137. The van der Waals surface area contributed by atoms with Crippen LogP contribution in [-0.4, -0.2) is 13.1 Å². The molecule has 0 bridgehead atoms. The number of nitrogens with zero attached hydrogens (tertiary/aromatic N) is 1. The summed E-state index contributed by atoms with van der Waals surface area (Å²) in [6.45, 7) is 3.88. The maximum Gasteiger partial charge on any atom is 0.416 e. The fourth-order valence-electron chi connectivity index (χ4n) is 2.15. The molecule has 1 nitrogen and oxygen atoms in total. The van der Waals surface area contributed by atoms with E-state index in [9.17, 15) is 13.2 Å². The zero-order valence-electron chi connectivity index (χ0n) is 9.80. The molecule has 1 fully saturated rings. The highest BCUT2D eigenvalue weighted by molar-refractivity contribution is 5.49. The Morgan fingerprint density at radius 2 is 1.82 bits per heavy atom. The van der Waals surface area contributed by atoms with Crippen LogP contribution in [0.15, 0.2) is 24.3 Å². The number of rotatable bonds is 1. The molecule has 1 heterocycles. The lowest BCUT2D eigenvalue weighted by Gasteiger charge is -2.32. The van der Waals surface area contributed by atoms with Crippen molar-refractivity contribution < 1.29 is 13.2 Å². The summed E-state index contributed by atoms with van der Waals surface area (Å²) in [6.07, 6.45) is -2.15. The summed E-state index contributed by atoms with van der Waals surface area (Å²) >= 11 is 0. The Morgan fingerprint density at radius 1 is 1.18 bits per heavy atom. The van der Waals surface area contributed by atoms with Gasteiger partial charge < -0.3 is 4.90 Å². The molecular weight excluding hydrogens is 227 g/mol. The summed E-state index contributed by atoms with van der Waals surface area (Å²) in [4.78, 5) is 2.04. The van der Waals surface area contributed by atoms with Crippen molar-refractivity contribution in [2.45, 2.75) is 25.9 Å². The molecule has 1 aliphatic rings.